The van der Waals surface area contributed by atoms with Crippen molar-refractivity contribution < 1.29 is 9.53 Å². The first-order valence-corrected chi connectivity index (χ1v) is 8.94. The van der Waals surface area contributed by atoms with Crippen LogP contribution in [-0.4, -0.2) is 48.9 Å². The highest BCUT2D eigenvalue weighted by Crippen LogP contribution is 2.38. The number of carbonyl (C=O) groups excluding carboxylic acids is 1. The highest BCUT2D eigenvalue weighted by molar-refractivity contribution is 6.30. The van der Waals surface area contributed by atoms with Gasteiger partial charge in [-0.05, 0) is 58.4 Å². The van der Waals surface area contributed by atoms with Gasteiger partial charge in [0, 0.05) is 29.8 Å². The predicted molar refractivity (Wildman–Crippen MR) is 105 cm³/mol. The van der Waals surface area contributed by atoms with Crippen LogP contribution in [-0.2, 0) is 10.3 Å². The van der Waals surface area contributed by atoms with Crippen molar-refractivity contribution in [1.82, 2.24) is 14.9 Å². The lowest BCUT2D eigenvalue weighted by Gasteiger charge is -2.21. The molecule has 2 N–H and O–H groups in total. The third-order valence-corrected chi connectivity index (χ3v) is 4.19. The Morgan fingerprint density at radius 3 is 2.50 bits per heavy atom. The number of nitrogens with two attached hydrogens (primary N) is 1. The van der Waals surface area contributed by atoms with Crippen molar-refractivity contribution in [3.05, 3.63) is 29.2 Å². The van der Waals surface area contributed by atoms with Crippen LogP contribution < -0.4 is 10.5 Å². The van der Waals surface area contributed by atoms with Gasteiger partial charge in [-0.2, -0.15) is 0 Å². The molecule has 1 fully saturated rings. The maximum Gasteiger partial charge on any atom is 0.222 e. The van der Waals surface area contributed by atoms with Crippen LogP contribution in [0.25, 0.3) is 10.8 Å². The highest BCUT2D eigenvalue weighted by atomic mass is 35.5. The Morgan fingerprint density at radius 2 is 1.96 bits per heavy atom. The Bertz CT molecular complexity index is 771. The molecule has 2 aromatic rings. The number of ether oxygens (including phenoxy) is 1. The number of pyridine rings is 2. The van der Waals surface area contributed by atoms with Crippen LogP contribution in [0.3, 0.4) is 0 Å². The lowest BCUT2D eigenvalue weighted by atomic mass is 9.93. The van der Waals surface area contributed by atoms with Gasteiger partial charge in [0.15, 0.2) is 0 Å². The van der Waals surface area contributed by atoms with E-state index in [0.29, 0.717) is 23.6 Å². The second kappa shape index (κ2) is 8.29. The van der Waals surface area contributed by atoms with Crippen LogP contribution in [0.15, 0.2) is 18.5 Å². The summed E-state index contributed by atoms with van der Waals surface area (Å²) in [5, 5.41) is 2.07. The number of hydrogen-bond acceptors (Lipinski definition) is 6. The Morgan fingerprint density at radius 1 is 1.31 bits per heavy atom. The molecule has 7 heteroatoms. The van der Waals surface area contributed by atoms with Crippen molar-refractivity contribution in [2.75, 3.05) is 27.7 Å². The molecular formula is C19H27ClN4O2. The van der Waals surface area contributed by atoms with E-state index < -0.39 is 5.54 Å². The molecule has 142 valence electrons. The third-order valence-electron chi connectivity index (χ3n) is 3.98. The molecule has 2 unspecified atom stereocenters. The molecule has 1 saturated carbocycles. The van der Waals surface area contributed by atoms with E-state index in [9.17, 15) is 4.79 Å². The second-order valence-electron chi connectivity index (χ2n) is 7.70. The number of fused-ring (bicyclic) bond motifs is 1. The van der Waals surface area contributed by atoms with E-state index in [1.54, 1.807) is 18.5 Å². The van der Waals surface area contributed by atoms with Gasteiger partial charge < -0.3 is 20.2 Å². The third kappa shape index (κ3) is 5.37. The molecule has 1 aliphatic carbocycles. The summed E-state index contributed by atoms with van der Waals surface area (Å²) >= 11 is 6.02. The second-order valence-corrected chi connectivity index (χ2v) is 8.09. The normalized spacial score (nSPS) is 19.1. The molecular weight excluding hydrogens is 352 g/mol. The van der Waals surface area contributed by atoms with Crippen LogP contribution in [0.2, 0.25) is 5.15 Å². The van der Waals surface area contributed by atoms with Gasteiger partial charge in [0.1, 0.15) is 11.4 Å². The van der Waals surface area contributed by atoms with Gasteiger partial charge in [-0.15, -0.1) is 0 Å². The van der Waals surface area contributed by atoms with E-state index in [1.165, 1.54) is 0 Å². The highest BCUT2D eigenvalue weighted by Gasteiger charge is 2.37. The van der Waals surface area contributed by atoms with E-state index in [0.717, 1.165) is 29.0 Å². The zero-order chi connectivity index (χ0) is 19.5. The molecule has 0 saturated heterocycles. The maximum atomic E-state index is 10.7. The first-order valence-electron chi connectivity index (χ1n) is 8.56. The topological polar surface area (TPSA) is 81.3 Å². The fourth-order valence-corrected chi connectivity index (χ4v) is 2.69. The Labute approximate surface area is 159 Å². The average molecular weight is 379 g/mol. The summed E-state index contributed by atoms with van der Waals surface area (Å²) in [6.07, 6.45) is 5.25. The quantitative estimate of drug-likeness (QED) is 0.636. The number of aldehydes is 1. The van der Waals surface area contributed by atoms with Crippen LogP contribution >= 0.6 is 11.6 Å². The van der Waals surface area contributed by atoms with Crippen LogP contribution in [0.1, 0.15) is 25.8 Å². The summed E-state index contributed by atoms with van der Waals surface area (Å²) in [6, 6.07) is 1.78. The molecule has 0 bridgehead atoms. The van der Waals surface area contributed by atoms with Crippen molar-refractivity contribution in [3.8, 4) is 5.88 Å². The van der Waals surface area contributed by atoms with Crippen LogP contribution in [0.4, 0.5) is 0 Å². The molecule has 2 heterocycles. The minimum Gasteiger partial charge on any atom is -0.477 e. The lowest BCUT2D eigenvalue weighted by Crippen LogP contribution is -2.29. The van der Waals surface area contributed by atoms with Gasteiger partial charge in [0.2, 0.25) is 5.88 Å². The molecule has 26 heavy (non-hydrogen) atoms. The van der Waals surface area contributed by atoms with E-state index in [4.69, 9.17) is 22.1 Å². The number of carbonyl (C=O) groups is 1. The van der Waals surface area contributed by atoms with Crippen molar-refractivity contribution in [1.29, 1.82) is 0 Å². The van der Waals surface area contributed by atoms with Crippen LogP contribution in [0, 0.1) is 11.8 Å². The van der Waals surface area contributed by atoms with E-state index in [-0.39, 0.29) is 5.92 Å². The first-order chi connectivity index (χ1) is 12.1. The van der Waals surface area contributed by atoms with E-state index >= 15 is 0 Å². The number of halogens is 1. The van der Waals surface area contributed by atoms with E-state index in [1.807, 2.05) is 39.9 Å². The zero-order valence-electron chi connectivity index (χ0n) is 16.0. The van der Waals surface area contributed by atoms with E-state index in [2.05, 4.69) is 9.97 Å². The average Bonchev–Trinajstić information content (AvgIpc) is 3.29. The van der Waals surface area contributed by atoms with Gasteiger partial charge >= 0.3 is 0 Å². The van der Waals surface area contributed by atoms with Crippen molar-refractivity contribution in [3.63, 3.8) is 0 Å². The minimum absolute atomic E-state index is 0.126. The standard InChI is InChI=1S/C16H18ClN3O2.C3H9N/c1-16(2,18)13-6-20-15(22-8-10-3-9(10)7-21)12-5-19-14(17)4-11(12)13;1-4(2)3/h4-7,9-10H,3,8,18H2,1-2H3;1-3H3. The molecule has 0 radical (unpaired) electrons. The number of nitrogens with zero attached hydrogens (tertiary/aromatic N) is 3. The molecule has 0 aromatic carbocycles. The lowest BCUT2D eigenvalue weighted by molar-refractivity contribution is -0.109. The molecule has 6 nitrogen and oxygen atoms in total. The molecule has 2 aromatic heterocycles. The minimum atomic E-state index is -0.548. The number of hydrogen-bond donors (Lipinski definition) is 1. The van der Waals surface area contributed by atoms with Crippen molar-refractivity contribution in [2.45, 2.75) is 25.8 Å². The molecule has 1 aliphatic rings. The molecule has 0 amide bonds. The van der Waals surface area contributed by atoms with Gasteiger partial charge in [-0.1, -0.05) is 11.6 Å². The Balaban J connectivity index is 0.000000552. The predicted octanol–water partition coefficient (Wildman–Crippen LogP) is 2.87. The molecule has 0 aliphatic heterocycles. The smallest absolute Gasteiger partial charge is 0.222 e. The summed E-state index contributed by atoms with van der Waals surface area (Å²) < 4.78 is 5.79. The summed E-state index contributed by atoms with van der Waals surface area (Å²) in [4.78, 5) is 21.2. The van der Waals surface area contributed by atoms with Gasteiger partial charge in [0.05, 0.1) is 12.0 Å². The van der Waals surface area contributed by atoms with Gasteiger partial charge in [-0.3, -0.25) is 0 Å². The summed E-state index contributed by atoms with van der Waals surface area (Å²) in [5.74, 6) is 0.921. The van der Waals surface area contributed by atoms with Crippen molar-refractivity contribution >= 4 is 28.7 Å². The summed E-state index contributed by atoms with van der Waals surface area (Å²) in [6.45, 7) is 4.31. The largest absolute Gasteiger partial charge is 0.477 e. The summed E-state index contributed by atoms with van der Waals surface area (Å²) in [5.41, 5.74) is 6.55. The fourth-order valence-electron chi connectivity index (χ4n) is 2.53. The fraction of sp³-hybridized carbons (Fsp3) is 0.526. The molecule has 0 spiro atoms. The molecule has 3 rings (SSSR count). The monoisotopic (exact) mass is 378 g/mol. The summed E-state index contributed by atoms with van der Waals surface area (Å²) in [7, 11) is 6.00. The zero-order valence-corrected chi connectivity index (χ0v) is 16.7. The maximum absolute atomic E-state index is 10.7. The first kappa shape index (κ1) is 20.6. The van der Waals surface area contributed by atoms with Crippen molar-refractivity contribution in [2.24, 2.45) is 17.6 Å². The number of aromatic nitrogens is 2. The Hall–Kier alpha value is -1.76. The SMILES string of the molecule is CC(C)(N)c1cnc(OCC2CC2C=O)c2cnc(Cl)cc12.CN(C)C. The number of rotatable bonds is 5. The van der Waals surface area contributed by atoms with Gasteiger partial charge in [0.25, 0.3) is 0 Å². The van der Waals surface area contributed by atoms with Crippen LogP contribution in [0.5, 0.6) is 5.88 Å². The Kier molecular flexibility index (Phi) is 6.55. The van der Waals surface area contributed by atoms with Gasteiger partial charge in [-0.25, -0.2) is 9.97 Å². The molecule has 2 atom stereocenters.